The van der Waals surface area contributed by atoms with Gasteiger partial charge in [0, 0.05) is 12.1 Å². The quantitative estimate of drug-likeness (QED) is 0.200. The number of esters is 1. The summed E-state index contributed by atoms with van der Waals surface area (Å²) in [5, 5.41) is 11.1. The Labute approximate surface area is 210 Å². The molecule has 0 spiro atoms. The minimum Gasteiger partial charge on any atom is -0.494 e. The van der Waals surface area contributed by atoms with E-state index in [2.05, 4.69) is 11.9 Å². The van der Waals surface area contributed by atoms with Gasteiger partial charge >= 0.3 is 5.97 Å². The van der Waals surface area contributed by atoms with E-state index in [9.17, 15) is 19.7 Å². The number of rotatable bonds is 8. The third-order valence-corrected chi connectivity index (χ3v) is 6.75. The molecule has 2 aromatic carbocycles. The molecular weight excluding hydrogens is 482 g/mol. The van der Waals surface area contributed by atoms with E-state index in [1.54, 1.807) is 25.1 Å². The Morgan fingerprint density at radius 1 is 1.25 bits per heavy atom. The minimum absolute atomic E-state index is 0.0699. The van der Waals surface area contributed by atoms with Gasteiger partial charge in [0.05, 0.1) is 40.5 Å². The van der Waals surface area contributed by atoms with E-state index in [1.165, 1.54) is 23.8 Å². The first kappa shape index (κ1) is 25.1. The highest BCUT2D eigenvalue weighted by molar-refractivity contribution is 7.07. The lowest BCUT2D eigenvalue weighted by molar-refractivity contribution is -0.384. The highest BCUT2D eigenvalue weighted by Crippen LogP contribution is 2.31. The standard InChI is InChI=1S/C26H25N3O6S/c1-4-5-13-35-20-11-9-18(10-12-20)23-22(25(31)34-3)16(2)27-26-28(23)24(30)21(36-26)15-17-7-6-8-19(14-17)29(32)33/h6-12,14-15,23H,4-5,13H2,1-3H3. The van der Waals surface area contributed by atoms with Crippen LogP contribution in [0.2, 0.25) is 0 Å². The van der Waals surface area contributed by atoms with Crippen molar-refractivity contribution in [1.29, 1.82) is 0 Å². The highest BCUT2D eigenvalue weighted by Gasteiger charge is 2.33. The van der Waals surface area contributed by atoms with Gasteiger partial charge in [0.25, 0.3) is 11.2 Å². The fourth-order valence-corrected chi connectivity index (χ4v) is 5.01. The highest BCUT2D eigenvalue weighted by atomic mass is 32.1. The van der Waals surface area contributed by atoms with Crippen LogP contribution in [0.25, 0.3) is 6.08 Å². The zero-order chi connectivity index (χ0) is 25.8. The number of ether oxygens (including phenoxy) is 2. The van der Waals surface area contributed by atoms with Crippen LogP contribution in [0.3, 0.4) is 0 Å². The average Bonchev–Trinajstić information content (AvgIpc) is 3.17. The summed E-state index contributed by atoms with van der Waals surface area (Å²) in [6, 6.07) is 12.6. The fourth-order valence-electron chi connectivity index (χ4n) is 3.97. The molecule has 36 heavy (non-hydrogen) atoms. The lowest BCUT2D eigenvalue weighted by Crippen LogP contribution is -2.39. The smallest absolute Gasteiger partial charge is 0.338 e. The average molecular weight is 508 g/mol. The Bertz CT molecular complexity index is 1520. The first-order chi connectivity index (χ1) is 17.3. The normalized spacial score (nSPS) is 15.3. The number of nitrogens with zero attached hydrogens (tertiary/aromatic N) is 3. The summed E-state index contributed by atoms with van der Waals surface area (Å²) in [5.74, 6) is 0.128. The SMILES string of the molecule is CCCCOc1ccc(C2C(C(=O)OC)=C(C)N=c3sc(=Cc4cccc([N+](=O)[O-])c4)c(=O)n32)cc1. The third kappa shape index (κ3) is 4.99. The zero-order valence-electron chi connectivity index (χ0n) is 20.1. The van der Waals surface area contributed by atoms with E-state index in [1.807, 2.05) is 24.3 Å². The van der Waals surface area contributed by atoms with Crippen molar-refractivity contribution in [2.45, 2.75) is 32.7 Å². The van der Waals surface area contributed by atoms with E-state index in [4.69, 9.17) is 9.47 Å². The number of methoxy groups -OCH3 is 1. The maximum atomic E-state index is 13.6. The number of non-ortho nitro benzene ring substituents is 1. The molecule has 0 saturated carbocycles. The van der Waals surface area contributed by atoms with Gasteiger partial charge in [0.1, 0.15) is 5.75 Å². The molecule has 186 valence electrons. The number of hydrogen-bond donors (Lipinski definition) is 0. The molecule has 0 amide bonds. The molecule has 0 fully saturated rings. The molecule has 1 unspecified atom stereocenters. The van der Waals surface area contributed by atoms with E-state index in [-0.39, 0.29) is 16.8 Å². The molecule has 1 aliphatic heterocycles. The van der Waals surface area contributed by atoms with Gasteiger partial charge in [-0.15, -0.1) is 0 Å². The van der Waals surface area contributed by atoms with Crippen molar-refractivity contribution in [1.82, 2.24) is 4.57 Å². The number of benzene rings is 2. The number of nitro benzene ring substituents is 1. The summed E-state index contributed by atoms with van der Waals surface area (Å²) in [4.78, 5) is 42.0. The van der Waals surface area contributed by atoms with Crippen LogP contribution in [0.15, 0.2) is 69.6 Å². The Morgan fingerprint density at radius 2 is 2.00 bits per heavy atom. The van der Waals surface area contributed by atoms with Crippen LogP contribution >= 0.6 is 11.3 Å². The number of unbranched alkanes of at least 4 members (excludes halogenated alkanes) is 1. The van der Waals surface area contributed by atoms with Crippen LogP contribution in [-0.4, -0.2) is 29.2 Å². The second kappa shape index (κ2) is 10.7. The van der Waals surface area contributed by atoms with Crippen LogP contribution in [0.5, 0.6) is 5.75 Å². The van der Waals surface area contributed by atoms with Gasteiger partial charge < -0.3 is 9.47 Å². The molecule has 0 saturated heterocycles. The number of hydrogen-bond acceptors (Lipinski definition) is 8. The number of carbonyl (C=O) groups excluding carboxylic acids is 1. The zero-order valence-corrected chi connectivity index (χ0v) is 20.9. The summed E-state index contributed by atoms with van der Waals surface area (Å²) in [6.07, 6.45) is 3.56. The number of nitro groups is 1. The van der Waals surface area contributed by atoms with Crippen LogP contribution in [0, 0.1) is 10.1 Å². The lowest BCUT2D eigenvalue weighted by Gasteiger charge is -2.24. The van der Waals surface area contributed by atoms with Crippen LogP contribution in [0.4, 0.5) is 5.69 Å². The van der Waals surface area contributed by atoms with Crippen molar-refractivity contribution in [2.75, 3.05) is 13.7 Å². The van der Waals surface area contributed by atoms with Crippen LogP contribution in [-0.2, 0) is 9.53 Å². The number of allylic oxidation sites excluding steroid dienone is 1. The van der Waals surface area contributed by atoms with E-state index < -0.39 is 16.9 Å². The summed E-state index contributed by atoms with van der Waals surface area (Å²) in [6.45, 7) is 4.40. The predicted octanol–water partition coefficient (Wildman–Crippen LogP) is 3.50. The molecular formula is C26H25N3O6S. The number of fused-ring (bicyclic) bond motifs is 1. The number of aromatic nitrogens is 1. The molecule has 10 heteroatoms. The summed E-state index contributed by atoms with van der Waals surface area (Å²) in [5.41, 5.74) is 1.52. The van der Waals surface area contributed by atoms with E-state index in [0.717, 1.165) is 24.2 Å². The summed E-state index contributed by atoms with van der Waals surface area (Å²) in [7, 11) is 1.29. The topological polar surface area (TPSA) is 113 Å². The molecule has 0 N–H and O–H groups in total. The number of thiazole rings is 1. The van der Waals surface area contributed by atoms with Crippen molar-refractivity contribution >= 4 is 29.1 Å². The summed E-state index contributed by atoms with van der Waals surface area (Å²) >= 11 is 1.16. The number of carbonyl (C=O) groups is 1. The predicted molar refractivity (Wildman–Crippen MR) is 136 cm³/mol. The van der Waals surface area contributed by atoms with E-state index >= 15 is 0 Å². The van der Waals surface area contributed by atoms with Gasteiger partial charge in [-0.1, -0.05) is 48.9 Å². The van der Waals surface area contributed by atoms with Crippen molar-refractivity contribution in [2.24, 2.45) is 4.99 Å². The van der Waals surface area contributed by atoms with Gasteiger partial charge in [-0.05, 0) is 42.7 Å². The molecule has 4 rings (SSSR count). The molecule has 3 aromatic rings. The van der Waals surface area contributed by atoms with Crippen molar-refractivity contribution < 1.29 is 19.2 Å². The van der Waals surface area contributed by atoms with Gasteiger partial charge in [0.15, 0.2) is 4.80 Å². The van der Waals surface area contributed by atoms with Crippen molar-refractivity contribution in [3.05, 3.63) is 101 Å². The first-order valence-electron chi connectivity index (χ1n) is 11.4. The molecule has 1 aliphatic rings. The monoisotopic (exact) mass is 507 g/mol. The Morgan fingerprint density at radius 3 is 2.67 bits per heavy atom. The summed E-state index contributed by atoms with van der Waals surface area (Å²) < 4.78 is 12.6. The van der Waals surface area contributed by atoms with Crippen molar-refractivity contribution in [3.63, 3.8) is 0 Å². The second-order valence-corrected chi connectivity index (χ2v) is 9.21. The second-order valence-electron chi connectivity index (χ2n) is 8.20. The van der Waals surface area contributed by atoms with Gasteiger partial charge in [-0.3, -0.25) is 19.5 Å². The molecule has 0 aliphatic carbocycles. The third-order valence-electron chi connectivity index (χ3n) is 5.77. The van der Waals surface area contributed by atoms with E-state index in [0.29, 0.717) is 38.5 Å². The first-order valence-corrected chi connectivity index (χ1v) is 12.2. The molecule has 1 atom stereocenters. The Balaban J connectivity index is 1.84. The molecule has 1 aromatic heterocycles. The minimum atomic E-state index is -0.745. The van der Waals surface area contributed by atoms with Gasteiger partial charge in [0.2, 0.25) is 0 Å². The molecule has 0 radical (unpaired) electrons. The van der Waals surface area contributed by atoms with Crippen molar-refractivity contribution in [3.8, 4) is 5.75 Å². The largest absolute Gasteiger partial charge is 0.494 e. The Kier molecular flexibility index (Phi) is 7.44. The maximum Gasteiger partial charge on any atom is 0.338 e. The maximum absolute atomic E-state index is 13.6. The van der Waals surface area contributed by atoms with Crippen LogP contribution < -0.4 is 19.6 Å². The lowest BCUT2D eigenvalue weighted by atomic mass is 9.96. The Hall–Kier alpha value is -4.05. The molecule has 0 bridgehead atoms. The fraction of sp³-hybridized carbons (Fsp3) is 0.269. The van der Waals surface area contributed by atoms with Gasteiger partial charge in [-0.25, -0.2) is 9.79 Å². The molecule has 2 heterocycles. The van der Waals surface area contributed by atoms with Gasteiger partial charge in [-0.2, -0.15) is 0 Å². The van der Waals surface area contributed by atoms with Crippen LogP contribution in [0.1, 0.15) is 43.9 Å². The molecule has 9 nitrogen and oxygen atoms in total.